The highest BCUT2D eigenvalue weighted by molar-refractivity contribution is 5.88. The number of hydrogen-bond acceptors (Lipinski definition) is 12. The van der Waals surface area contributed by atoms with Crippen LogP contribution >= 0.6 is 0 Å². The number of aldehydes is 2. The van der Waals surface area contributed by atoms with Crippen LogP contribution in [0.3, 0.4) is 0 Å². The van der Waals surface area contributed by atoms with Crippen molar-refractivity contribution in [3.8, 4) is 23.0 Å². The number of esters is 3. The number of carboxylic acid groups (broad SMARTS) is 2. The second kappa shape index (κ2) is 19.7. The average Bonchev–Trinajstić information content (AvgIpc) is 3.06. The number of carbonyl (C=O) groups is 7. The molecular weight excluding hydrogens is 656 g/mol. The quantitative estimate of drug-likeness (QED) is 0.0791. The lowest BCUT2D eigenvalue weighted by Crippen LogP contribution is -2.06. The lowest BCUT2D eigenvalue weighted by Gasteiger charge is -2.11. The predicted octanol–water partition coefficient (Wildman–Crippen LogP) is 5.28. The zero-order valence-electron chi connectivity index (χ0n) is 27.0. The molecule has 0 radical (unpaired) electrons. The number of carboxylic acids is 2. The lowest BCUT2D eigenvalue weighted by atomic mass is 10.1. The molecule has 4 aromatic carbocycles. The summed E-state index contributed by atoms with van der Waals surface area (Å²) in [5.74, 6) is -3.11. The first kappa shape index (κ1) is 39.3. The molecule has 0 amide bonds. The van der Waals surface area contributed by atoms with Crippen molar-refractivity contribution in [3.05, 3.63) is 118 Å². The molecule has 14 heteroatoms. The Bertz CT molecular complexity index is 1820. The van der Waals surface area contributed by atoms with Crippen molar-refractivity contribution in [1.29, 1.82) is 0 Å². The van der Waals surface area contributed by atoms with Gasteiger partial charge in [0.2, 0.25) is 0 Å². The summed E-state index contributed by atoms with van der Waals surface area (Å²) in [7, 11) is 0. The van der Waals surface area contributed by atoms with Crippen LogP contribution in [-0.4, -0.2) is 57.7 Å². The minimum atomic E-state index is -1.00. The van der Waals surface area contributed by atoms with Crippen molar-refractivity contribution in [2.24, 2.45) is 0 Å². The molecule has 50 heavy (non-hydrogen) atoms. The van der Waals surface area contributed by atoms with Crippen LogP contribution in [0, 0.1) is 0 Å². The highest BCUT2D eigenvalue weighted by Crippen LogP contribution is 2.28. The molecule has 3 N–H and O–H groups in total. The van der Waals surface area contributed by atoms with Crippen molar-refractivity contribution in [2.45, 2.75) is 34.0 Å². The summed E-state index contributed by atoms with van der Waals surface area (Å²) in [6.07, 6.45) is 1.08. The molecule has 4 rings (SSSR count). The Balaban J connectivity index is 0.000000294. The Morgan fingerprint density at radius 1 is 0.560 bits per heavy atom. The molecule has 260 valence electrons. The minimum Gasteiger partial charge on any atom is -0.507 e. The summed E-state index contributed by atoms with van der Waals surface area (Å²) in [6.45, 7) is 3.92. The molecule has 0 bridgehead atoms. The van der Waals surface area contributed by atoms with Crippen LogP contribution in [0.4, 0.5) is 0 Å². The molecule has 0 atom stereocenters. The van der Waals surface area contributed by atoms with Crippen molar-refractivity contribution < 1.29 is 67.8 Å². The van der Waals surface area contributed by atoms with E-state index >= 15 is 0 Å². The maximum Gasteiger partial charge on any atom is 0.335 e. The molecule has 0 aromatic heterocycles. The molecule has 4 aromatic rings. The second-order valence-electron chi connectivity index (χ2n) is 9.85. The Morgan fingerprint density at radius 3 is 1.32 bits per heavy atom. The zero-order valence-corrected chi connectivity index (χ0v) is 27.0. The highest BCUT2D eigenvalue weighted by Gasteiger charge is 2.13. The van der Waals surface area contributed by atoms with E-state index in [0.29, 0.717) is 12.6 Å². The molecule has 0 unspecified atom stereocenters. The summed E-state index contributed by atoms with van der Waals surface area (Å²) < 4.78 is 20.0. The van der Waals surface area contributed by atoms with Gasteiger partial charge in [0.05, 0.1) is 22.3 Å². The summed E-state index contributed by atoms with van der Waals surface area (Å²) in [5.41, 5.74) is 2.11. The lowest BCUT2D eigenvalue weighted by molar-refractivity contribution is -0.156. The third-order valence-electron chi connectivity index (χ3n) is 6.04. The number of aromatic carboxylic acids is 2. The molecule has 0 aliphatic rings. The minimum absolute atomic E-state index is 0.0923. The van der Waals surface area contributed by atoms with E-state index in [1.54, 1.807) is 48.5 Å². The van der Waals surface area contributed by atoms with Crippen LogP contribution in [0.15, 0.2) is 84.9 Å². The van der Waals surface area contributed by atoms with Crippen LogP contribution < -0.4 is 14.2 Å². The van der Waals surface area contributed by atoms with E-state index in [0.717, 1.165) is 11.1 Å². The van der Waals surface area contributed by atoms with E-state index < -0.39 is 29.8 Å². The first-order valence-electron chi connectivity index (χ1n) is 14.4. The summed E-state index contributed by atoms with van der Waals surface area (Å²) in [4.78, 5) is 74.3. The van der Waals surface area contributed by atoms with E-state index in [2.05, 4.69) is 4.74 Å². The SMILES string of the molecule is CC(=O)OC(C)=O.CC(=O)Oc1cccc(OCc2ccc(C(=O)O)cc2)c1C=O.O=Cc1c(O)cccc1OCc1ccc(C(=O)O)cc1. The van der Waals surface area contributed by atoms with Gasteiger partial charge in [-0.1, -0.05) is 36.4 Å². The van der Waals surface area contributed by atoms with E-state index in [-0.39, 0.29) is 58.5 Å². The Hall–Kier alpha value is -6.83. The molecule has 0 heterocycles. The zero-order chi connectivity index (χ0) is 37.2. The summed E-state index contributed by atoms with van der Waals surface area (Å²) in [6, 6.07) is 21.6. The topological polar surface area (TPSA) is 217 Å². The van der Waals surface area contributed by atoms with Crippen LogP contribution in [0.1, 0.15) is 73.3 Å². The third kappa shape index (κ3) is 13.1. The first-order valence-corrected chi connectivity index (χ1v) is 14.4. The van der Waals surface area contributed by atoms with Crippen molar-refractivity contribution in [2.75, 3.05) is 0 Å². The number of benzene rings is 4. The van der Waals surface area contributed by atoms with Gasteiger partial charge in [0, 0.05) is 20.8 Å². The van der Waals surface area contributed by atoms with Gasteiger partial charge in [0.15, 0.2) is 12.6 Å². The Kier molecular flexibility index (Phi) is 15.5. The van der Waals surface area contributed by atoms with Crippen LogP contribution in [0.2, 0.25) is 0 Å². The fourth-order valence-corrected chi connectivity index (χ4v) is 3.80. The maximum atomic E-state index is 11.2. The largest absolute Gasteiger partial charge is 0.507 e. The van der Waals surface area contributed by atoms with E-state index in [4.69, 9.17) is 24.4 Å². The van der Waals surface area contributed by atoms with Gasteiger partial charge in [0.1, 0.15) is 36.2 Å². The van der Waals surface area contributed by atoms with Gasteiger partial charge < -0.3 is 34.3 Å². The third-order valence-corrected chi connectivity index (χ3v) is 6.04. The number of aromatic hydroxyl groups is 1. The number of phenolic OH excluding ortho intramolecular Hbond substituents is 1. The molecular formula is C36H32O14. The standard InChI is InChI=1S/C17H14O6.C15H12O5.C4H6O3/c1-11(19)23-16-4-2-3-15(14(16)9-18)22-10-12-5-7-13(8-6-12)17(20)21;16-8-12-13(17)2-1-3-14(12)20-9-10-4-6-11(7-5-10)15(18)19;1-3(5)7-4(2)6/h2-9H,10H2,1H3,(H,20,21);1-8,17H,9H2,(H,18,19);1-2H3. The van der Waals surface area contributed by atoms with Crippen LogP contribution in [0.5, 0.6) is 23.0 Å². The van der Waals surface area contributed by atoms with Crippen LogP contribution in [-0.2, 0) is 32.3 Å². The highest BCUT2D eigenvalue weighted by atomic mass is 16.6. The molecule has 0 fully saturated rings. The molecule has 0 saturated heterocycles. The van der Waals surface area contributed by atoms with Crippen molar-refractivity contribution >= 4 is 42.4 Å². The molecule has 0 aliphatic carbocycles. The Labute approximate surface area is 285 Å². The van der Waals surface area contributed by atoms with E-state index in [1.807, 2.05) is 0 Å². The van der Waals surface area contributed by atoms with Gasteiger partial charge in [-0.2, -0.15) is 0 Å². The van der Waals surface area contributed by atoms with Gasteiger partial charge in [0.25, 0.3) is 0 Å². The number of ether oxygens (including phenoxy) is 4. The van der Waals surface area contributed by atoms with Gasteiger partial charge in [-0.15, -0.1) is 0 Å². The molecule has 14 nitrogen and oxygen atoms in total. The fraction of sp³-hybridized carbons (Fsp3) is 0.139. The number of phenols is 1. The Morgan fingerprint density at radius 2 is 0.960 bits per heavy atom. The van der Waals surface area contributed by atoms with Gasteiger partial charge in [-0.25, -0.2) is 9.59 Å². The van der Waals surface area contributed by atoms with Gasteiger partial charge in [-0.3, -0.25) is 24.0 Å². The molecule has 0 spiro atoms. The second-order valence-corrected chi connectivity index (χ2v) is 9.85. The first-order chi connectivity index (χ1) is 23.7. The van der Waals surface area contributed by atoms with Gasteiger partial charge >= 0.3 is 29.8 Å². The van der Waals surface area contributed by atoms with Crippen molar-refractivity contribution in [1.82, 2.24) is 0 Å². The number of carbonyl (C=O) groups excluding carboxylic acids is 5. The molecule has 0 saturated carbocycles. The maximum absolute atomic E-state index is 11.2. The van der Waals surface area contributed by atoms with Crippen molar-refractivity contribution in [3.63, 3.8) is 0 Å². The average molecular weight is 689 g/mol. The number of rotatable bonds is 11. The van der Waals surface area contributed by atoms with Gasteiger partial charge in [-0.05, 0) is 59.7 Å². The normalized spacial score (nSPS) is 9.66. The molecule has 0 aliphatic heterocycles. The van der Waals surface area contributed by atoms with Crippen LogP contribution in [0.25, 0.3) is 0 Å². The van der Waals surface area contributed by atoms with E-state index in [9.17, 15) is 38.7 Å². The smallest absolute Gasteiger partial charge is 0.335 e. The summed E-state index contributed by atoms with van der Waals surface area (Å²) >= 11 is 0. The van der Waals surface area contributed by atoms with E-state index in [1.165, 1.54) is 57.2 Å². The monoisotopic (exact) mass is 688 g/mol. The fourth-order valence-electron chi connectivity index (χ4n) is 3.80. The number of hydrogen-bond donors (Lipinski definition) is 3. The summed E-state index contributed by atoms with van der Waals surface area (Å²) in [5, 5.41) is 27.1. The predicted molar refractivity (Wildman–Crippen MR) is 175 cm³/mol.